The number of hydrogen-bond acceptors (Lipinski definition) is 5. The van der Waals surface area contributed by atoms with Crippen molar-refractivity contribution in [3.05, 3.63) is 75.7 Å². The summed E-state index contributed by atoms with van der Waals surface area (Å²) in [5.41, 5.74) is 3.11. The van der Waals surface area contributed by atoms with Crippen LogP contribution in [0.5, 0.6) is 17.2 Å². The minimum atomic E-state index is -0.384. The summed E-state index contributed by atoms with van der Waals surface area (Å²) in [4.78, 5) is 13.3. The third-order valence-electron chi connectivity index (χ3n) is 4.92. The van der Waals surface area contributed by atoms with Gasteiger partial charge in [0.15, 0.2) is 0 Å². The molecule has 0 atom stereocenters. The van der Waals surface area contributed by atoms with Gasteiger partial charge in [-0.2, -0.15) is 0 Å². The summed E-state index contributed by atoms with van der Waals surface area (Å²) in [5, 5.41) is 29.6. The van der Waals surface area contributed by atoms with E-state index in [1.807, 2.05) is 13.0 Å². The van der Waals surface area contributed by atoms with E-state index in [1.54, 1.807) is 12.1 Å². The molecule has 0 saturated heterocycles. The van der Waals surface area contributed by atoms with Gasteiger partial charge in [-0.1, -0.05) is 35.4 Å². The minimum Gasteiger partial charge on any atom is -0.508 e. The highest BCUT2D eigenvalue weighted by molar-refractivity contribution is 5.89. The largest absolute Gasteiger partial charge is 0.508 e. The normalized spacial score (nSPS) is 11.6. The van der Waals surface area contributed by atoms with Gasteiger partial charge in [0.05, 0.1) is 5.56 Å². The van der Waals surface area contributed by atoms with Gasteiger partial charge >= 0.3 is 0 Å². The van der Waals surface area contributed by atoms with Gasteiger partial charge in [0.2, 0.25) is 5.43 Å². The number of rotatable bonds is 6. The Morgan fingerprint density at radius 3 is 2.33 bits per heavy atom. The van der Waals surface area contributed by atoms with E-state index in [0.29, 0.717) is 23.3 Å². The Morgan fingerprint density at radius 2 is 1.67 bits per heavy atom. The molecule has 3 N–H and O–H groups in total. The van der Waals surface area contributed by atoms with Crippen LogP contribution in [-0.4, -0.2) is 15.3 Å². The standard InChI is InChI=1S/C25H26O5/c1-15(2)5-4-6-16(3)7-12-21-23(17-8-10-18(26)11-9-17)25(29)24-20(28)13-19(27)14-22(24)30-21/h5,7-11,13-14,26-28H,4,6,12H2,1-3H3. The molecule has 0 aliphatic heterocycles. The second kappa shape index (κ2) is 8.91. The molecule has 2 aromatic carbocycles. The Balaban J connectivity index is 2.11. The summed E-state index contributed by atoms with van der Waals surface area (Å²) >= 11 is 0. The first-order valence-corrected chi connectivity index (χ1v) is 9.86. The molecule has 0 fully saturated rings. The van der Waals surface area contributed by atoms with Crippen LogP contribution in [0.15, 0.2) is 68.9 Å². The van der Waals surface area contributed by atoms with Gasteiger partial charge in [0, 0.05) is 18.6 Å². The lowest BCUT2D eigenvalue weighted by molar-refractivity contribution is 0.451. The lowest BCUT2D eigenvalue weighted by atomic mass is 9.99. The lowest BCUT2D eigenvalue weighted by Crippen LogP contribution is -2.09. The molecule has 1 aromatic heterocycles. The number of phenolic OH excluding ortho intramolecular Hbond substituents is 3. The van der Waals surface area contributed by atoms with Crippen molar-refractivity contribution in [2.24, 2.45) is 0 Å². The molecular formula is C25H26O5. The van der Waals surface area contributed by atoms with E-state index in [1.165, 1.54) is 29.3 Å². The van der Waals surface area contributed by atoms with Gasteiger partial charge in [-0.15, -0.1) is 0 Å². The Hall–Kier alpha value is -3.47. The zero-order chi connectivity index (χ0) is 21.8. The van der Waals surface area contributed by atoms with E-state index < -0.39 is 0 Å². The van der Waals surface area contributed by atoms with E-state index in [0.717, 1.165) is 18.9 Å². The Labute approximate surface area is 175 Å². The van der Waals surface area contributed by atoms with Crippen molar-refractivity contribution in [2.75, 3.05) is 0 Å². The summed E-state index contributed by atoms with van der Waals surface area (Å²) in [5.74, 6) is 0.0108. The predicted octanol–water partition coefficient (Wildman–Crippen LogP) is 5.81. The highest BCUT2D eigenvalue weighted by Crippen LogP contribution is 2.32. The lowest BCUT2D eigenvalue weighted by Gasteiger charge is -2.11. The molecule has 0 radical (unpaired) electrons. The quantitative estimate of drug-likeness (QED) is 0.449. The fourth-order valence-corrected chi connectivity index (χ4v) is 3.35. The number of benzene rings is 2. The van der Waals surface area contributed by atoms with E-state index in [9.17, 15) is 20.1 Å². The minimum absolute atomic E-state index is 0.0175. The molecule has 0 aliphatic carbocycles. The molecule has 0 aliphatic rings. The van der Waals surface area contributed by atoms with Gasteiger partial charge in [-0.05, 0) is 51.3 Å². The summed E-state index contributed by atoms with van der Waals surface area (Å²) < 4.78 is 5.97. The van der Waals surface area contributed by atoms with Crippen molar-refractivity contribution in [1.82, 2.24) is 0 Å². The van der Waals surface area contributed by atoms with E-state index in [2.05, 4.69) is 19.9 Å². The van der Waals surface area contributed by atoms with E-state index >= 15 is 0 Å². The summed E-state index contributed by atoms with van der Waals surface area (Å²) in [6.07, 6.45) is 6.44. The van der Waals surface area contributed by atoms with Gasteiger partial charge in [0.25, 0.3) is 0 Å². The Kier molecular flexibility index (Phi) is 6.31. The number of aromatic hydroxyl groups is 3. The Morgan fingerprint density at radius 1 is 0.967 bits per heavy atom. The van der Waals surface area contributed by atoms with E-state index in [4.69, 9.17) is 4.42 Å². The maximum absolute atomic E-state index is 13.3. The summed E-state index contributed by atoms with van der Waals surface area (Å²) in [6.45, 7) is 6.17. The molecular weight excluding hydrogens is 380 g/mol. The van der Waals surface area contributed by atoms with Crippen molar-refractivity contribution in [1.29, 1.82) is 0 Å². The molecule has 0 bridgehead atoms. The first kappa shape index (κ1) is 21.2. The van der Waals surface area contributed by atoms with Gasteiger partial charge in [-0.25, -0.2) is 0 Å². The Bertz CT molecular complexity index is 1180. The van der Waals surface area contributed by atoms with Gasteiger partial charge < -0.3 is 19.7 Å². The molecule has 0 spiro atoms. The SMILES string of the molecule is CC(C)=CCCC(C)=CCc1oc2cc(O)cc(O)c2c(=O)c1-c1ccc(O)cc1. The fraction of sp³-hybridized carbons (Fsp3) is 0.240. The van der Waals surface area contributed by atoms with Crippen LogP contribution in [0.25, 0.3) is 22.1 Å². The molecule has 0 unspecified atom stereocenters. The maximum Gasteiger partial charge on any atom is 0.204 e. The van der Waals surface area contributed by atoms with Crippen LogP contribution in [0.4, 0.5) is 0 Å². The molecule has 156 valence electrons. The monoisotopic (exact) mass is 406 g/mol. The van der Waals surface area contributed by atoms with Crippen molar-refractivity contribution in [2.45, 2.75) is 40.0 Å². The highest BCUT2D eigenvalue weighted by Gasteiger charge is 2.19. The van der Waals surface area contributed by atoms with Crippen LogP contribution in [-0.2, 0) is 6.42 Å². The van der Waals surface area contributed by atoms with Gasteiger partial charge in [0.1, 0.15) is 34.0 Å². The van der Waals surface area contributed by atoms with Crippen LogP contribution in [0, 0.1) is 0 Å². The summed E-state index contributed by atoms with van der Waals surface area (Å²) in [6, 6.07) is 8.72. The molecule has 3 aromatic rings. The predicted molar refractivity (Wildman–Crippen MR) is 119 cm³/mol. The second-order valence-electron chi connectivity index (χ2n) is 7.69. The first-order chi connectivity index (χ1) is 14.3. The van der Waals surface area contributed by atoms with Crippen LogP contribution in [0.1, 0.15) is 39.4 Å². The van der Waals surface area contributed by atoms with Crippen LogP contribution in [0.2, 0.25) is 0 Å². The molecule has 0 saturated carbocycles. The number of fused-ring (bicyclic) bond motifs is 1. The zero-order valence-electron chi connectivity index (χ0n) is 17.4. The van der Waals surface area contributed by atoms with Crippen molar-refractivity contribution in [3.63, 3.8) is 0 Å². The topological polar surface area (TPSA) is 90.9 Å². The number of phenols is 3. The van der Waals surface area contributed by atoms with Crippen molar-refractivity contribution < 1.29 is 19.7 Å². The third kappa shape index (κ3) is 4.74. The van der Waals surface area contributed by atoms with Gasteiger partial charge in [-0.3, -0.25) is 4.79 Å². The highest BCUT2D eigenvalue weighted by atomic mass is 16.3. The fourth-order valence-electron chi connectivity index (χ4n) is 3.35. The molecule has 5 nitrogen and oxygen atoms in total. The van der Waals surface area contributed by atoms with Crippen LogP contribution < -0.4 is 5.43 Å². The molecule has 0 amide bonds. The average Bonchev–Trinajstić information content (AvgIpc) is 2.66. The van der Waals surface area contributed by atoms with E-state index in [-0.39, 0.29) is 33.6 Å². The maximum atomic E-state index is 13.3. The molecule has 5 heteroatoms. The molecule has 3 rings (SSSR count). The third-order valence-corrected chi connectivity index (χ3v) is 4.92. The van der Waals surface area contributed by atoms with Crippen molar-refractivity contribution in [3.8, 4) is 28.4 Å². The van der Waals surface area contributed by atoms with Crippen LogP contribution >= 0.6 is 0 Å². The summed E-state index contributed by atoms with van der Waals surface area (Å²) in [7, 11) is 0. The van der Waals surface area contributed by atoms with Crippen molar-refractivity contribution >= 4 is 11.0 Å². The van der Waals surface area contributed by atoms with Crippen LogP contribution in [0.3, 0.4) is 0 Å². The zero-order valence-corrected chi connectivity index (χ0v) is 17.4. The number of allylic oxidation sites excluding steroid dienone is 4. The smallest absolute Gasteiger partial charge is 0.204 e. The second-order valence-corrected chi connectivity index (χ2v) is 7.69. The first-order valence-electron chi connectivity index (χ1n) is 9.86. The average molecular weight is 406 g/mol. The molecule has 1 heterocycles. The number of hydrogen-bond donors (Lipinski definition) is 3. The molecule has 30 heavy (non-hydrogen) atoms.